The Labute approximate surface area is 136 Å². The number of amides is 2. The Bertz CT molecular complexity index is 424. The lowest BCUT2D eigenvalue weighted by atomic mass is 10.1. The third kappa shape index (κ3) is 9.49. The number of ether oxygens (including phenoxy) is 2. The van der Waals surface area contributed by atoms with Gasteiger partial charge in [-0.1, -0.05) is 6.92 Å². The predicted octanol–water partition coefficient (Wildman–Crippen LogP) is 0.928. The fourth-order valence-corrected chi connectivity index (χ4v) is 1.57. The van der Waals surface area contributed by atoms with Crippen molar-refractivity contribution >= 4 is 23.8 Å². The van der Waals surface area contributed by atoms with Crippen molar-refractivity contribution in [3.8, 4) is 0 Å². The Kier molecular flexibility index (Phi) is 8.90. The van der Waals surface area contributed by atoms with Crippen molar-refractivity contribution in [2.24, 2.45) is 0 Å². The van der Waals surface area contributed by atoms with Crippen LogP contribution in [0.2, 0.25) is 0 Å². The van der Waals surface area contributed by atoms with E-state index >= 15 is 0 Å². The fraction of sp³-hybridized carbons (Fsp3) is 0.733. The lowest BCUT2D eigenvalue weighted by Crippen LogP contribution is -2.50. The van der Waals surface area contributed by atoms with Crippen molar-refractivity contribution in [1.82, 2.24) is 10.6 Å². The van der Waals surface area contributed by atoms with Crippen LogP contribution in [0.15, 0.2) is 0 Å². The van der Waals surface area contributed by atoms with Crippen molar-refractivity contribution in [3.63, 3.8) is 0 Å². The van der Waals surface area contributed by atoms with Crippen LogP contribution in [0.3, 0.4) is 0 Å². The van der Waals surface area contributed by atoms with E-state index in [0.29, 0.717) is 6.42 Å². The summed E-state index contributed by atoms with van der Waals surface area (Å²) in [6.07, 6.45) is -0.0791. The van der Waals surface area contributed by atoms with Crippen LogP contribution in [-0.4, -0.2) is 48.5 Å². The highest BCUT2D eigenvalue weighted by Gasteiger charge is 2.29. The summed E-state index contributed by atoms with van der Waals surface area (Å²) in [5.41, 5.74) is -0.689. The molecule has 0 aromatic rings. The number of hydrogen-bond donors (Lipinski definition) is 2. The molecule has 8 nitrogen and oxygen atoms in total. The molecule has 0 fully saturated rings. The number of hydrogen-bond acceptors (Lipinski definition) is 6. The normalized spacial score (nSPS) is 12.0. The van der Waals surface area contributed by atoms with Gasteiger partial charge in [-0.25, -0.2) is 9.59 Å². The van der Waals surface area contributed by atoms with Gasteiger partial charge in [-0.15, -0.1) is 0 Å². The van der Waals surface area contributed by atoms with Crippen LogP contribution in [0.1, 0.15) is 47.5 Å². The topological polar surface area (TPSA) is 111 Å². The molecule has 2 amide bonds. The third-order valence-electron chi connectivity index (χ3n) is 2.44. The van der Waals surface area contributed by atoms with Crippen molar-refractivity contribution in [1.29, 1.82) is 0 Å². The molecular formula is C15H26N2O6. The Hall–Kier alpha value is -2.12. The molecule has 2 N–H and O–H groups in total. The second-order valence-corrected chi connectivity index (χ2v) is 5.82. The minimum absolute atomic E-state index is 0.0980. The molecule has 1 atom stereocenters. The minimum Gasteiger partial charge on any atom is -0.464 e. The highest BCUT2D eigenvalue weighted by Crippen LogP contribution is 2.06. The second kappa shape index (κ2) is 9.81. The zero-order chi connectivity index (χ0) is 18.0. The van der Waals surface area contributed by atoms with Crippen LogP contribution in [0.25, 0.3) is 0 Å². The molecule has 0 aromatic heterocycles. The van der Waals surface area contributed by atoms with Gasteiger partial charge in [0.1, 0.15) is 12.1 Å². The van der Waals surface area contributed by atoms with Crippen LogP contribution in [0.4, 0.5) is 4.79 Å². The number of rotatable bonds is 8. The van der Waals surface area contributed by atoms with E-state index in [1.165, 1.54) is 0 Å². The second-order valence-electron chi connectivity index (χ2n) is 5.82. The average Bonchev–Trinajstić information content (AvgIpc) is 2.41. The number of nitrogens with one attached hydrogen (secondary N) is 2. The van der Waals surface area contributed by atoms with Gasteiger partial charge in [-0.05, 0) is 34.1 Å². The van der Waals surface area contributed by atoms with E-state index < -0.39 is 41.9 Å². The summed E-state index contributed by atoms with van der Waals surface area (Å²) < 4.78 is 9.75. The highest BCUT2D eigenvalue weighted by molar-refractivity contribution is 6.06. The molecule has 0 bridgehead atoms. The van der Waals surface area contributed by atoms with Gasteiger partial charge in [0, 0.05) is 6.42 Å². The molecule has 132 valence electrons. The van der Waals surface area contributed by atoms with Crippen LogP contribution in [-0.2, 0) is 23.9 Å². The molecule has 0 heterocycles. The molecule has 8 heteroatoms. The molecule has 23 heavy (non-hydrogen) atoms. The van der Waals surface area contributed by atoms with Gasteiger partial charge >= 0.3 is 12.1 Å². The summed E-state index contributed by atoms with van der Waals surface area (Å²) in [7, 11) is 0. The van der Waals surface area contributed by atoms with Crippen LogP contribution >= 0.6 is 0 Å². The van der Waals surface area contributed by atoms with Gasteiger partial charge in [0.25, 0.3) is 0 Å². The molecule has 0 rings (SSSR count). The predicted molar refractivity (Wildman–Crippen MR) is 82.7 cm³/mol. The van der Waals surface area contributed by atoms with Gasteiger partial charge in [0.05, 0.1) is 6.61 Å². The number of carbonyl (C=O) groups excluding carboxylic acids is 4. The van der Waals surface area contributed by atoms with E-state index in [1.54, 1.807) is 34.6 Å². The van der Waals surface area contributed by atoms with E-state index in [9.17, 15) is 19.2 Å². The number of Topliss-reactive ketones (excluding diaryl/α,β-unsaturated/α-hetero) is 1. The zero-order valence-electron chi connectivity index (χ0n) is 14.4. The van der Waals surface area contributed by atoms with Crippen molar-refractivity contribution < 1.29 is 28.7 Å². The molecule has 0 saturated carbocycles. The first-order valence-electron chi connectivity index (χ1n) is 7.56. The summed E-state index contributed by atoms with van der Waals surface area (Å²) in [6, 6.07) is -1.36. The smallest absolute Gasteiger partial charge is 0.408 e. The van der Waals surface area contributed by atoms with Gasteiger partial charge in [-0.2, -0.15) is 0 Å². The fourth-order valence-electron chi connectivity index (χ4n) is 1.57. The Balaban J connectivity index is 4.57. The van der Waals surface area contributed by atoms with Crippen molar-refractivity contribution in [2.75, 3.05) is 13.2 Å². The molecule has 0 radical (unpaired) electrons. The zero-order valence-corrected chi connectivity index (χ0v) is 14.4. The Morgan fingerprint density at radius 3 is 2.17 bits per heavy atom. The molecule has 0 aliphatic rings. The van der Waals surface area contributed by atoms with E-state index in [2.05, 4.69) is 10.6 Å². The third-order valence-corrected chi connectivity index (χ3v) is 2.44. The molecule has 0 spiro atoms. The number of carbonyl (C=O) groups is 4. The summed E-state index contributed by atoms with van der Waals surface area (Å²) in [5.74, 6) is -1.92. The minimum atomic E-state index is -1.36. The highest BCUT2D eigenvalue weighted by atomic mass is 16.6. The first-order chi connectivity index (χ1) is 10.6. The van der Waals surface area contributed by atoms with Gasteiger partial charge in [0.2, 0.25) is 5.91 Å². The van der Waals surface area contributed by atoms with Gasteiger partial charge < -0.3 is 20.1 Å². The first-order valence-corrected chi connectivity index (χ1v) is 7.56. The maximum atomic E-state index is 11.9. The average molecular weight is 330 g/mol. The maximum absolute atomic E-state index is 11.9. The lowest BCUT2D eigenvalue weighted by molar-refractivity contribution is -0.150. The summed E-state index contributed by atoms with van der Waals surface area (Å²) in [6.45, 7) is 8.13. The first kappa shape index (κ1) is 20.9. The molecule has 0 aromatic carbocycles. The van der Waals surface area contributed by atoms with Gasteiger partial charge in [0.15, 0.2) is 11.8 Å². The summed E-state index contributed by atoms with van der Waals surface area (Å²) >= 11 is 0. The number of esters is 1. The molecule has 0 aliphatic heterocycles. The van der Waals surface area contributed by atoms with E-state index in [-0.39, 0.29) is 13.0 Å². The Morgan fingerprint density at radius 1 is 1.09 bits per heavy atom. The lowest BCUT2D eigenvalue weighted by Gasteiger charge is -2.20. The maximum Gasteiger partial charge on any atom is 0.408 e. The van der Waals surface area contributed by atoms with Crippen LogP contribution < -0.4 is 10.6 Å². The van der Waals surface area contributed by atoms with Crippen molar-refractivity contribution in [3.05, 3.63) is 0 Å². The van der Waals surface area contributed by atoms with E-state index in [1.807, 2.05) is 0 Å². The van der Waals surface area contributed by atoms with E-state index in [0.717, 1.165) is 0 Å². The molecule has 0 aliphatic carbocycles. The number of alkyl carbamates (subject to hydrolysis) is 1. The Morgan fingerprint density at radius 2 is 1.70 bits per heavy atom. The van der Waals surface area contributed by atoms with E-state index in [4.69, 9.17) is 9.47 Å². The largest absolute Gasteiger partial charge is 0.464 e. The standard InChI is InChI=1S/C15H26N2O6/c1-6-8-10(18)12(13(20)22-7-2)17-11(19)9-16-14(21)23-15(3,4)5/h12H,6-9H2,1-5H3,(H,16,21)(H,17,19). The summed E-state index contributed by atoms with van der Waals surface area (Å²) in [4.78, 5) is 46.9. The van der Waals surface area contributed by atoms with Crippen LogP contribution in [0.5, 0.6) is 0 Å². The van der Waals surface area contributed by atoms with Gasteiger partial charge in [-0.3, -0.25) is 9.59 Å². The SMILES string of the molecule is CCCC(=O)C(NC(=O)CNC(=O)OC(C)(C)C)C(=O)OCC. The summed E-state index contributed by atoms with van der Waals surface area (Å²) in [5, 5.41) is 4.52. The monoisotopic (exact) mass is 330 g/mol. The molecular weight excluding hydrogens is 304 g/mol. The quantitative estimate of drug-likeness (QED) is 0.506. The number of ketones is 1. The molecule has 1 unspecified atom stereocenters. The molecule has 0 saturated heterocycles. The van der Waals surface area contributed by atoms with Crippen LogP contribution in [0, 0.1) is 0 Å². The van der Waals surface area contributed by atoms with Crippen molar-refractivity contribution in [2.45, 2.75) is 59.1 Å².